The minimum atomic E-state index is -3.95. The van der Waals surface area contributed by atoms with Gasteiger partial charge in [0.15, 0.2) is 0 Å². The first-order valence-corrected chi connectivity index (χ1v) is 13.3. The molecule has 2 atom stereocenters. The van der Waals surface area contributed by atoms with Gasteiger partial charge in [-0.3, -0.25) is 0 Å². The van der Waals surface area contributed by atoms with Crippen molar-refractivity contribution in [3.63, 3.8) is 0 Å². The summed E-state index contributed by atoms with van der Waals surface area (Å²) in [6, 6.07) is 15.0. The van der Waals surface area contributed by atoms with E-state index in [2.05, 4.69) is 0 Å². The summed E-state index contributed by atoms with van der Waals surface area (Å²) >= 11 is 0. The Labute approximate surface area is 207 Å². The van der Waals surface area contributed by atoms with Crippen LogP contribution in [0.3, 0.4) is 0 Å². The first-order valence-electron chi connectivity index (χ1n) is 11.6. The van der Waals surface area contributed by atoms with Crippen molar-refractivity contribution >= 4 is 12.4 Å². The average Bonchev–Trinajstić information content (AvgIpc) is 2.88. The minimum Gasteiger partial charge on any atom is -0.316 e. The third-order valence-electron chi connectivity index (χ3n) is 7.06. The van der Waals surface area contributed by atoms with Gasteiger partial charge in [0.1, 0.15) is 30.4 Å². The molecule has 2 aliphatic rings. The summed E-state index contributed by atoms with van der Waals surface area (Å²) in [7, 11) is -3.95. The second-order valence-corrected chi connectivity index (χ2v) is 12.4. The highest BCUT2D eigenvalue weighted by Crippen LogP contribution is 2.77. The SMILES string of the molecule is O=P(c1ccccc1)(C1(c2cc(F)cc(F)c2)C=CC=CC1)C1(c2cc(F)cc(F)c2)C=CC=CC1. The van der Waals surface area contributed by atoms with Crippen LogP contribution in [0.4, 0.5) is 17.6 Å². The zero-order valence-electron chi connectivity index (χ0n) is 19.3. The van der Waals surface area contributed by atoms with E-state index >= 15 is 4.57 Å². The number of rotatable bonds is 5. The smallest absolute Gasteiger partial charge is 0.143 e. The Morgan fingerprint density at radius 1 is 0.583 bits per heavy atom. The van der Waals surface area contributed by atoms with Crippen LogP contribution in [0.15, 0.2) is 115 Å². The third kappa shape index (κ3) is 3.74. The zero-order chi connectivity index (χ0) is 25.4. The molecular weight excluding hydrogens is 483 g/mol. The summed E-state index contributed by atoms with van der Waals surface area (Å²) in [4.78, 5) is 0. The van der Waals surface area contributed by atoms with Gasteiger partial charge in [-0.1, -0.05) is 78.9 Å². The molecule has 0 saturated heterocycles. The molecule has 0 spiro atoms. The maximum absolute atomic E-state index is 16.2. The lowest BCUT2D eigenvalue weighted by atomic mass is 9.89. The van der Waals surface area contributed by atoms with Gasteiger partial charge in [0.05, 0.1) is 10.3 Å². The second kappa shape index (κ2) is 9.22. The Morgan fingerprint density at radius 2 is 1.00 bits per heavy atom. The Balaban J connectivity index is 1.94. The number of allylic oxidation sites excluding steroid dienone is 8. The molecule has 3 aromatic carbocycles. The van der Waals surface area contributed by atoms with E-state index < -0.39 is 40.7 Å². The van der Waals surface area contributed by atoms with Crippen molar-refractivity contribution in [1.29, 1.82) is 0 Å². The first-order chi connectivity index (χ1) is 17.3. The molecule has 2 unspecified atom stereocenters. The molecule has 0 amide bonds. The molecule has 0 aromatic heterocycles. The Hall–Kier alpha value is -3.43. The Kier molecular flexibility index (Phi) is 6.22. The molecule has 182 valence electrons. The highest BCUT2D eigenvalue weighted by atomic mass is 31.2. The van der Waals surface area contributed by atoms with Crippen molar-refractivity contribution in [2.24, 2.45) is 0 Å². The van der Waals surface area contributed by atoms with Crippen molar-refractivity contribution in [3.05, 3.63) is 150 Å². The average molecular weight is 506 g/mol. The van der Waals surface area contributed by atoms with E-state index in [-0.39, 0.29) is 24.0 Å². The molecule has 0 fully saturated rings. The third-order valence-corrected chi connectivity index (χ3v) is 11.5. The van der Waals surface area contributed by atoms with Crippen LogP contribution in [0.1, 0.15) is 24.0 Å². The summed E-state index contributed by atoms with van der Waals surface area (Å²) in [5.41, 5.74) is 0.402. The second-order valence-electron chi connectivity index (χ2n) is 9.09. The summed E-state index contributed by atoms with van der Waals surface area (Å²) in [5.74, 6) is -3.18. The van der Waals surface area contributed by atoms with E-state index in [0.717, 1.165) is 12.1 Å². The normalized spacial score (nSPS) is 24.6. The number of hydrogen-bond acceptors (Lipinski definition) is 1. The quantitative estimate of drug-likeness (QED) is 0.253. The van der Waals surface area contributed by atoms with Gasteiger partial charge in [-0.2, -0.15) is 0 Å². The standard InChI is InChI=1S/C30H23F4OP/c31-24-16-22(17-25(32)20-24)29(12-6-2-7-13-29)36(35,28-10-4-1-5-11-28)30(14-8-3-9-15-30)23-18-26(33)21-27(34)19-23/h1-12,14,16-21H,13,15H2. The summed E-state index contributed by atoms with van der Waals surface area (Å²) in [6.07, 6.45) is 14.4. The van der Waals surface area contributed by atoms with Gasteiger partial charge >= 0.3 is 0 Å². The molecular formula is C30H23F4OP. The van der Waals surface area contributed by atoms with Crippen LogP contribution in [0.25, 0.3) is 0 Å². The van der Waals surface area contributed by atoms with Crippen LogP contribution in [-0.4, -0.2) is 0 Å². The highest BCUT2D eigenvalue weighted by Gasteiger charge is 2.60. The first kappa shape index (κ1) is 24.3. The van der Waals surface area contributed by atoms with Gasteiger partial charge in [-0.25, -0.2) is 17.6 Å². The monoisotopic (exact) mass is 506 g/mol. The highest BCUT2D eigenvalue weighted by molar-refractivity contribution is 7.74. The number of hydrogen-bond donors (Lipinski definition) is 0. The van der Waals surface area contributed by atoms with E-state index in [1.54, 1.807) is 78.9 Å². The van der Waals surface area contributed by atoms with Crippen molar-refractivity contribution < 1.29 is 22.1 Å². The summed E-state index contributed by atoms with van der Waals surface area (Å²) in [5, 5.41) is -2.35. The molecule has 6 heteroatoms. The topological polar surface area (TPSA) is 17.1 Å². The molecule has 1 nitrogen and oxygen atoms in total. The molecule has 0 bridgehead atoms. The molecule has 36 heavy (non-hydrogen) atoms. The fourth-order valence-electron chi connectivity index (χ4n) is 5.54. The van der Waals surface area contributed by atoms with Gasteiger partial charge in [-0.05, 0) is 48.2 Å². The van der Waals surface area contributed by atoms with E-state index in [9.17, 15) is 17.6 Å². The van der Waals surface area contributed by atoms with Crippen molar-refractivity contribution in [2.45, 2.75) is 23.2 Å². The maximum Gasteiger partial charge on any atom is 0.143 e. The maximum atomic E-state index is 16.2. The van der Waals surface area contributed by atoms with E-state index in [1.165, 1.54) is 24.3 Å². The van der Waals surface area contributed by atoms with Crippen molar-refractivity contribution in [3.8, 4) is 0 Å². The fourth-order valence-corrected chi connectivity index (χ4v) is 10.1. The van der Waals surface area contributed by atoms with Crippen LogP contribution < -0.4 is 5.30 Å². The van der Waals surface area contributed by atoms with Gasteiger partial charge in [0, 0.05) is 17.4 Å². The predicted octanol–water partition coefficient (Wildman–Crippen LogP) is 8.05. The van der Waals surface area contributed by atoms with Crippen LogP contribution in [-0.2, 0) is 14.9 Å². The van der Waals surface area contributed by atoms with Crippen LogP contribution in [0.5, 0.6) is 0 Å². The molecule has 2 aliphatic carbocycles. The minimum absolute atomic E-state index is 0.176. The van der Waals surface area contributed by atoms with Gasteiger partial charge < -0.3 is 4.57 Å². The van der Waals surface area contributed by atoms with Crippen LogP contribution in [0, 0.1) is 23.3 Å². The molecule has 3 aromatic rings. The predicted molar refractivity (Wildman–Crippen MR) is 136 cm³/mol. The lowest BCUT2D eigenvalue weighted by Crippen LogP contribution is -2.41. The van der Waals surface area contributed by atoms with Crippen LogP contribution >= 0.6 is 7.14 Å². The lowest BCUT2D eigenvalue weighted by molar-refractivity contribution is 0.516. The molecule has 0 radical (unpaired) electrons. The number of benzene rings is 3. The Bertz CT molecular complexity index is 1340. The molecule has 0 N–H and O–H groups in total. The molecule has 0 heterocycles. The lowest BCUT2D eigenvalue weighted by Gasteiger charge is -2.50. The van der Waals surface area contributed by atoms with Gasteiger partial charge in [0.25, 0.3) is 0 Å². The fraction of sp³-hybridized carbons (Fsp3) is 0.133. The molecule has 0 aliphatic heterocycles. The van der Waals surface area contributed by atoms with Crippen molar-refractivity contribution in [2.75, 3.05) is 0 Å². The summed E-state index contributed by atoms with van der Waals surface area (Å²) < 4.78 is 74.6. The van der Waals surface area contributed by atoms with E-state index in [4.69, 9.17) is 0 Å². The van der Waals surface area contributed by atoms with Gasteiger partial charge in [-0.15, -0.1) is 0 Å². The van der Waals surface area contributed by atoms with Crippen molar-refractivity contribution in [1.82, 2.24) is 0 Å². The van der Waals surface area contributed by atoms with E-state index in [0.29, 0.717) is 5.30 Å². The number of halogens is 4. The Morgan fingerprint density at radius 3 is 1.36 bits per heavy atom. The molecule has 5 rings (SSSR count). The largest absolute Gasteiger partial charge is 0.316 e. The van der Waals surface area contributed by atoms with E-state index in [1.807, 2.05) is 0 Å². The summed E-state index contributed by atoms with van der Waals surface area (Å²) in [6.45, 7) is 0. The van der Waals surface area contributed by atoms with Gasteiger partial charge in [0.2, 0.25) is 0 Å². The molecule has 0 saturated carbocycles. The zero-order valence-corrected chi connectivity index (χ0v) is 20.1. The van der Waals surface area contributed by atoms with Crippen LogP contribution in [0.2, 0.25) is 0 Å².